The van der Waals surface area contributed by atoms with Gasteiger partial charge in [-0.2, -0.15) is 0 Å². The van der Waals surface area contributed by atoms with Crippen LogP contribution in [-0.2, 0) is 4.79 Å². The molecule has 0 spiro atoms. The van der Waals surface area contributed by atoms with E-state index in [2.05, 4.69) is 10.3 Å². The minimum absolute atomic E-state index is 0.0701. The molecule has 182 valence electrons. The van der Waals surface area contributed by atoms with Gasteiger partial charge in [-0.15, -0.1) is 0 Å². The van der Waals surface area contributed by atoms with E-state index in [4.69, 9.17) is 5.73 Å². The van der Waals surface area contributed by atoms with Crippen molar-refractivity contribution in [2.75, 3.05) is 18.0 Å². The predicted octanol–water partition coefficient (Wildman–Crippen LogP) is 1.40. The molecule has 5 rings (SSSR count). The number of nitrogens with zero attached hydrogens (tertiary/aromatic N) is 3. The molecule has 1 amide bonds. The third-order valence-corrected chi connectivity index (χ3v) is 6.53. The number of aromatic nitrogens is 2. The van der Waals surface area contributed by atoms with E-state index in [1.54, 1.807) is 11.8 Å². The van der Waals surface area contributed by atoms with Gasteiger partial charge >= 0.3 is 5.97 Å². The number of anilines is 1. The second-order valence-corrected chi connectivity index (χ2v) is 8.86. The zero-order valence-corrected chi connectivity index (χ0v) is 18.3. The van der Waals surface area contributed by atoms with Gasteiger partial charge in [-0.25, -0.2) is 22.9 Å². The maximum Gasteiger partial charge on any atom is 0.341 e. The molecule has 2 fully saturated rings. The fourth-order valence-corrected chi connectivity index (χ4v) is 4.66. The lowest BCUT2D eigenvalue weighted by atomic mass is 10.1. The number of hydrogen-bond acceptors (Lipinski definition) is 6. The first-order valence-electron chi connectivity index (χ1n) is 10.8. The number of carboxylic acid groups (broad SMARTS) is 1. The van der Waals surface area contributed by atoms with Crippen LogP contribution in [-0.4, -0.2) is 51.7 Å². The van der Waals surface area contributed by atoms with Gasteiger partial charge in [0.2, 0.25) is 11.3 Å². The average molecular weight is 487 g/mol. The van der Waals surface area contributed by atoms with Crippen molar-refractivity contribution in [3.8, 4) is 5.69 Å². The number of rotatable bonds is 5. The SMILES string of the molecule is C[C@H](N)C(=O)N[C@H]1[C@@H]2CN(c3nc4c(cc3F)c(=O)c(C(=O)O)cn4-c3ccc(F)cc3F)C[C@@H]21. The fourth-order valence-electron chi connectivity index (χ4n) is 4.66. The summed E-state index contributed by atoms with van der Waals surface area (Å²) in [6.45, 7) is 2.34. The summed E-state index contributed by atoms with van der Waals surface area (Å²) in [5, 5.41) is 11.9. The highest BCUT2D eigenvalue weighted by atomic mass is 19.1. The van der Waals surface area contributed by atoms with E-state index in [0.29, 0.717) is 19.2 Å². The molecular formula is C23H20F3N5O4. The summed E-state index contributed by atoms with van der Waals surface area (Å²) < 4.78 is 44.2. The third-order valence-electron chi connectivity index (χ3n) is 6.53. The number of carbonyl (C=O) groups is 2. The van der Waals surface area contributed by atoms with Crippen LogP contribution in [0.4, 0.5) is 19.0 Å². The number of carbonyl (C=O) groups excluding carboxylic acids is 1. The Kier molecular flexibility index (Phi) is 5.28. The fraction of sp³-hybridized carbons (Fsp3) is 0.304. The van der Waals surface area contributed by atoms with Crippen molar-refractivity contribution in [3.63, 3.8) is 0 Å². The van der Waals surface area contributed by atoms with Gasteiger partial charge in [0.15, 0.2) is 17.3 Å². The van der Waals surface area contributed by atoms with Gasteiger partial charge in [0, 0.05) is 43.2 Å². The molecule has 3 aromatic rings. The van der Waals surface area contributed by atoms with Crippen molar-refractivity contribution in [2.24, 2.45) is 17.6 Å². The van der Waals surface area contributed by atoms with Gasteiger partial charge in [0.25, 0.3) is 0 Å². The first kappa shape index (κ1) is 22.8. The highest BCUT2D eigenvalue weighted by Crippen LogP contribution is 2.47. The van der Waals surface area contributed by atoms with Gasteiger partial charge in [-0.05, 0) is 25.1 Å². The molecule has 3 heterocycles. The molecule has 0 bridgehead atoms. The molecule has 4 N–H and O–H groups in total. The number of aromatic carboxylic acids is 1. The van der Waals surface area contributed by atoms with E-state index in [0.717, 1.165) is 29.0 Å². The molecule has 1 aliphatic heterocycles. The standard InChI is InChI=1S/C23H20F3N5O4/c1-9(27)22(33)28-18-12-6-30(7-13(12)18)21-16(26)5-11-19(32)14(23(34)35)8-31(20(11)29-21)17-3-2-10(24)4-15(17)25/h2-5,8-9,12-13,18H,6-7,27H2,1H3,(H,28,33)(H,34,35)/t9-,12-,13+,18+/m0/s1. The van der Waals surface area contributed by atoms with Crippen LogP contribution in [0.25, 0.3) is 16.7 Å². The van der Waals surface area contributed by atoms with Crippen molar-refractivity contribution in [2.45, 2.75) is 19.0 Å². The molecule has 1 saturated carbocycles. The minimum atomic E-state index is -1.59. The topological polar surface area (TPSA) is 131 Å². The number of nitrogens with two attached hydrogens (primary N) is 1. The molecule has 0 unspecified atom stereocenters. The lowest BCUT2D eigenvalue weighted by molar-refractivity contribution is -0.122. The van der Waals surface area contributed by atoms with E-state index < -0.39 is 40.5 Å². The number of fused-ring (bicyclic) bond motifs is 2. The van der Waals surface area contributed by atoms with Crippen molar-refractivity contribution < 1.29 is 27.9 Å². The van der Waals surface area contributed by atoms with Crippen LogP contribution in [0.1, 0.15) is 17.3 Å². The van der Waals surface area contributed by atoms with E-state index >= 15 is 4.39 Å². The van der Waals surface area contributed by atoms with Gasteiger partial charge in [-0.3, -0.25) is 14.2 Å². The third kappa shape index (κ3) is 3.79. The summed E-state index contributed by atoms with van der Waals surface area (Å²) in [6.07, 6.45) is 0.888. The second-order valence-electron chi connectivity index (χ2n) is 8.86. The molecule has 2 aromatic heterocycles. The largest absolute Gasteiger partial charge is 0.477 e. The maximum atomic E-state index is 15.1. The van der Waals surface area contributed by atoms with Gasteiger partial charge in [0.1, 0.15) is 17.2 Å². The Morgan fingerprint density at radius 3 is 2.46 bits per heavy atom. The van der Waals surface area contributed by atoms with Crippen molar-refractivity contribution in [3.05, 3.63) is 63.7 Å². The number of amides is 1. The Morgan fingerprint density at radius 2 is 1.86 bits per heavy atom. The molecule has 4 atom stereocenters. The summed E-state index contributed by atoms with van der Waals surface area (Å²) in [5.41, 5.74) is 3.45. The number of carboxylic acids is 1. The molecule has 35 heavy (non-hydrogen) atoms. The predicted molar refractivity (Wildman–Crippen MR) is 119 cm³/mol. The van der Waals surface area contributed by atoms with Crippen LogP contribution < -0.4 is 21.4 Å². The molecule has 9 nitrogen and oxygen atoms in total. The van der Waals surface area contributed by atoms with Crippen LogP contribution in [0.3, 0.4) is 0 Å². The van der Waals surface area contributed by atoms with Crippen molar-refractivity contribution in [1.82, 2.24) is 14.9 Å². The highest BCUT2D eigenvalue weighted by Gasteiger charge is 2.57. The number of nitrogens with one attached hydrogen (secondary N) is 1. The van der Waals surface area contributed by atoms with Crippen molar-refractivity contribution >= 4 is 28.7 Å². The van der Waals surface area contributed by atoms with Gasteiger partial charge < -0.3 is 21.1 Å². The van der Waals surface area contributed by atoms with Crippen LogP contribution in [0, 0.1) is 29.3 Å². The number of piperidine rings is 1. The van der Waals surface area contributed by atoms with E-state index in [-0.39, 0.29) is 46.3 Å². The quantitative estimate of drug-likeness (QED) is 0.496. The molecule has 1 aromatic carbocycles. The Bertz CT molecular complexity index is 1450. The number of benzene rings is 1. The summed E-state index contributed by atoms with van der Waals surface area (Å²) in [7, 11) is 0. The van der Waals surface area contributed by atoms with Crippen LogP contribution in [0.5, 0.6) is 0 Å². The maximum absolute atomic E-state index is 15.1. The summed E-state index contributed by atoms with van der Waals surface area (Å²) in [6, 6.07) is 2.81. The molecule has 1 saturated heterocycles. The zero-order valence-electron chi connectivity index (χ0n) is 18.3. The lowest BCUT2D eigenvalue weighted by Gasteiger charge is -2.23. The van der Waals surface area contributed by atoms with Crippen LogP contribution in [0.2, 0.25) is 0 Å². The lowest BCUT2D eigenvalue weighted by Crippen LogP contribution is -2.42. The Labute approximate surface area is 196 Å². The smallest absolute Gasteiger partial charge is 0.341 e. The highest BCUT2D eigenvalue weighted by molar-refractivity contribution is 5.92. The number of hydrogen-bond donors (Lipinski definition) is 3. The van der Waals surface area contributed by atoms with Gasteiger partial charge in [-0.1, -0.05) is 0 Å². The molecule has 1 aliphatic carbocycles. The van der Waals surface area contributed by atoms with Crippen LogP contribution >= 0.6 is 0 Å². The first-order chi connectivity index (χ1) is 16.6. The van der Waals surface area contributed by atoms with Crippen molar-refractivity contribution in [1.29, 1.82) is 0 Å². The van der Waals surface area contributed by atoms with E-state index in [1.165, 1.54) is 0 Å². The van der Waals surface area contributed by atoms with Gasteiger partial charge in [0.05, 0.1) is 17.1 Å². The Balaban J connectivity index is 1.57. The first-order valence-corrected chi connectivity index (χ1v) is 10.8. The normalized spacial score (nSPS) is 21.6. The monoisotopic (exact) mass is 487 g/mol. The molecule has 2 aliphatic rings. The number of halogens is 3. The number of pyridine rings is 2. The van der Waals surface area contributed by atoms with Crippen LogP contribution in [0.15, 0.2) is 35.3 Å². The Hall–Kier alpha value is -3.93. The zero-order chi connectivity index (χ0) is 25.2. The summed E-state index contributed by atoms with van der Waals surface area (Å²) >= 11 is 0. The minimum Gasteiger partial charge on any atom is -0.477 e. The summed E-state index contributed by atoms with van der Waals surface area (Å²) in [4.78, 5) is 42.1. The Morgan fingerprint density at radius 1 is 1.17 bits per heavy atom. The average Bonchev–Trinajstić information content (AvgIpc) is 3.22. The molecule has 12 heteroatoms. The second kappa shape index (κ2) is 8.08. The molecular weight excluding hydrogens is 467 g/mol. The van der Waals surface area contributed by atoms with E-state index in [9.17, 15) is 28.3 Å². The molecule has 0 radical (unpaired) electrons. The van der Waals surface area contributed by atoms with E-state index in [1.807, 2.05) is 0 Å². The summed E-state index contributed by atoms with van der Waals surface area (Å²) in [5.74, 6) is -4.53.